The highest BCUT2D eigenvalue weighted by atomic mass is 16.5. The molecule has 1 saturated heterocycles. The molecule has 3 atom stereocenters. The Morgan fingerprint density at radius 2 is 2.05 bits per heavy atom. The van der Waals surface area contributed by atoms with E-state index in [1.807, 2.05) is 24.5 Å². The van der Waals surface area contributed by atoms with Gasteiger partial charge in [-0.15, -0.1) is 10.2 Å². The van der Waals surface area contributed by atoms with Gasteiger partial charge in [-0.25, -0.2) is 0 Å². The minimum atomic E-state index is 0.0998. The molecule has 6 nitrogen and oxygen atoms in total. The van der Waals surface area contributed by atoms with Gasteiger partial charge in [0.1, 0.15) is 5.82 Å². The molecule has 0 bridgehead atoms. The SMILES string of the molecule is CC1CC(c2nnc3n2CCNC3c2ccncc2)CO1. The van der Waals surface area contributed by atoms with Crippen molar-refractivity contribution in [1.29, 1.82) is 0 Å². The number of fused-ring (bicyclic) bond motifs is 1. The molecule has 1 fully saturated rings. The average Bonchev–Trinajstić information content (AvgIpc) is 3.13. The van der Waals surface area contributed by atoms with E-state index in [9.17, 15) is 0 Å². The second-order valence-electron chi connectivity index (χ2n) is 5.81. The quantitative estimate of drug-likeness (QED) is 0.900. The van der Waals surface area contributed by atoms with E-state index in [1.54, 1.807) is 0 Å². The van der Waals surface area contributed by atoms with Crippen molar-refractivity contribution in [1.82, 2.24) is 25.1 Å². The first-order valence-corrected chi connectivity index (χ1v) is 7.51. The van der Waals surface area contributed by atoms with Crippen LogP contribution in [-0.2, 0) is 11.3 Å². The molecule has 6 heteroatoms. The van der Waals surface area contributed by atoms with Crippen LogP contribution in [0.15, 0.2) is 24.5 Å². The van der Waals surface area contributed by atoms with Crippen molar-refractivity contribution < 1.29 is 4.74 Å². The summed E-state index contributed by atoms with van der Waals surface area (Å²) in [6.45, 7) is 4.72. The van der Waals surface area contributed by atoms with Crippen molar-refractivity contribution in [3.05, 3.63) is 41.7 Å². The molecule has 4 heterocycles. The van der Waals surface area contributed by atoms with Crippen LogP contribution >= 0.6 is 0 Å². The van der Waals surface area contributed by atoms with Crippen LogP contribution in [0.3, 0.4) is 0 Å². The number of nitrogens with zero attached hydrogens (tertiary/aromatic N) is 4. The molecule has 2 aromatic rings. The molecule has 0 aliphatic carbocycles. The number of hydrogen-bond acceptors (Lipinski definition) is 5. The van der Waals surface area contributed by atoms with Crippen molar-refractivity contribution >= 4 is 0 Å². The summed E-state index contributed by atoms with van der Waals surface area (Å²) in [6, 6.07) is 4.16. The van der Waals surface area contributed by atoms with Crippen molar-refractivity contribution in [2.75, 3.05) is 13.2 Å². The number of hydrogen-bond donors (Lipinski definition) is 1. The van der Waals surface area contributed by atoms with E-state index < -0.39 is 0 Å². The Morgan fingerprint density at radius 1 is 1.24 bits per heavy atom. The highest BCUT2D eigenvalue weighted by Crippen LogP contribution is 2.31. The molecule has 0 saturated carbocycles. The fourth-order valence-corrected chi connectivity index (χ4v) is 3.30. The van der Waals surface area contributed by atoms with Crippen LogP contribution in [0, 0.1) is 0 Å². The molecule has 0 radical (unpaired) electrons. The van der Waals surface area contributed by atoms with Crippen molar-refractivity contribution in [2.45, 2.75) is 38.0 Å². The maximum Gasteiger partial charge on any atom is 0.154 e. The summed E-state index contributed by atoms with van der Waals surface area (Å²) in [5.41, 5.74) is 1.18. The minimum Gasteiger partial charge on any atom is -0.378 e. The number of rotatable bonds is 2. The monoisotopic (exact) mass is 285 g/mol. The third kappa shape index (κ3) is 2.24. The second-order valence-corrected chi connectivity index (χ2v) is 5.81. The minimum absolute atomic E-state index is 0.0998. The Balaban J connectivity index is 1.69. The first-order chi connectivity index (χ1) is 10.3. The zero-order valence-electron chi connectivity index (χ0n) is 12.1. The van der Waals surface area contributed by atoms with Gasteiger partial charge in [0.25, 0.3) is 0 Å². The third-order valence-electron chi connectivity index (χ3n) is 4.35. The lowest BCUT2D eigenvalue weighted by molar-refractivity contribution is 0.123. The van der Waals surface area contributed by atoms with E-state index in [-0.39, 0.29) is 6.04 Å². The Labute approximate surface area is 123 Å². The van der Waals surface area contributed by atoms with Gasteiger partial charge in [-0.1, -0.05) is 0 Å². The zero-order valence-corrected chi connectivity index (χ0v) is 12.1. The van der Waals surface area contributed by atoms with Crippen LogP contribution in [-0.4, -0.2) is 39.0 Å². The number of pyridine rings is 1. The summed E-state index contributed by atoms with van der Waals surface area (Å²) in [6.07, 6.45) is 4.99. The van der Waals surface area contributed by atoms with Gasteiger partial charge in [0.15, 0.2) is 5.82 Å². The fraction of sp³-hybridized carbons (Fsp3) is 0.533. The van der Waals surface area contributed by atoms with Gasteiger partial charge in [-0.2, -0.15) is 0 Å². The van der Waals surface area contributed by atoms with Crippen LogP contribution in [0.25, 0.3) is 0 Å². The predicted octanol–water partition coefficient (Wildman–Crippen LogP) is 1.26. The molecular formula is C15H19N5O. The lowest BCUT2D eigenvalue weighted by Crippen LogP contribution is -2.35. The van der Waals surface area contributed by atoms with Crippen LogP contribution in [0.2, 0.25) is 0 Å². The van der Waals surface area contributed by atoms with E-state index in [1.165, 1.54) is 5.56 Å². The molecular weight excluding hydrogens is 266 g/mol. The van der Waals surface area contributed by atoms with E-state index in [0.29, 0.717) is 12.0 Å². The second kappa shape index (κ2) is 5.20. The summed E-state index contributed by atoms with van der Waals surface area (Å²) < 4.78 is 7.96. The van der Waals surface area contributed by atoms with E-state index in [2.05, 4.69) is 32.0 Å². The summed E-state index contributed by atoms with van der Waals surface area (Å²) in [5.74, 6) is 2.45. The Bertz CT molecular complexity index is 626. The standard InChI is InChI=1S/C15H19N5O/c1-10-8-12(9-21-10)14-18-19-15-13(17-6-7-20(14)15)11-2-4-16-5-3-11/h2-5,10,12-13,17H,6-9H2,1H3. The maximum absolute atomic E-state index is 5.69. The largest absolute Gasteiger partial charge is 0.378 e. The molecule has 2 aliphatic rings. The maximum atomic E-state index is 5.69. The van der Waals surface area contributed by atoms with Crippen LogP contribution in [0.1, 0.15) is 42.5 Å². The van der Waals surface area contributed by atoms with Crippen LogP contribution in [0.4, 0.5) is 0 Å². The van der Waals surface area contributed by atoms with E-state index in [0.717, 1.165) is 37.8 Å². The molecule has 0 aromatic carbocycles. The van der Waals surface area contributed by atoms with Gasteiger partial charge < -0.3 is 14.6 Å². The highest BCUT2D eigenvalue weighted by Gasteiger charge is 2.32. The molecule has 1 N–H and O–H groups in total. The van der Waals surface area contributed by atoms with E-state index in [4.69, 9.17) is 4.74 Å². The Kier molecular flexibility index (Phi) is 3.20. The predicted molar refractivity (Wildman–Crippen MR) is 76.9 cm³/mol. The normalized spacial score (nSPS) is 28.5. The molecule has 2 aliphatic heterocycles. The average molecular weight is 285 g/mol. The Hall–Kier alpha value is -1.79. The van der Waals surface area contributed by atoms with Gasteiger partial charge in [-0.05, 0) is 31.0 Å². The first-order valence-electron chi connectivity index (χ1n) is 7.51. The molecule has 3 unspecified atom stereocenters. The van der Waals surface area contributed by atoms with Crippen LogP contribution in [0.5, 0.6) is 0 Å². The first kappa shape index (κ1) is 12.9. The zero-order chi connectivity index (χ0) is 14.2. The number of aromatic nitrogens is 4. The molecule has 0 spiro atoms. The summed E-state index contributed by atoms with van der Waals surface area (Å²) in [5, 5.41) is 12.4. The lowest BCUT2D eigenvalue weighted by Gasteiger charge is -2.26. The topological polar surface area (TPSA) is 64.9 Å². The van der Waals surface area contributed by atoms with Gasteiger partial charge >= 0.3 is 0 Å². The molecule has 4 rings (SSSR count). The van der Waals surface area contributed by atoms with Gasteiger partial charge in [0.05, 0.1) is 18.8 Å². The molecule has 21 heavy (non-hydrogen) atoms. The lowest BCUT2D eigenvalue weighted by atomic mass is 10.0. The molecule has 0 amide bonds. The summed E-state index contributed by atoms with van der Waals surface area (Å²) in [4.78, 5) is 4.09. The van der Waals surface area contributed by atoms with Gasteiger partial charge in [0, 0.05) is 31.4 Å². The van der Waals surface area contributed by atoms with Crippen molar-refractivity contribution in [2.24, 2.45) is 0 Å². The van der Waals surface area contributed by atoms with Crippen molar-refractivity contribution in [3.8, 4) is 0 Å². The van der Waals surface area contributed by atoms with Crippen molar-refractivity contribution in [3.63, 3.8) is 0 Å². The number of ether oxygens (including phenoxy) is 1. The van der Waals surface area contributed by atoms with Gasteiger partial charge in [0.2, 0.25) is 0 Å². The number of nitrogens with one attached hydrogen (secondary N) is 1. The Morgan fingerprint density at radius 3 is 2.81 bits per heavy atom. The fourth-order valence-electron chi connectivity index (χ4n) is 3.30. The summed E-state index contributed by atoms with van der Waals surface area (Å²) >= 11 is 0. The summed E-state index contributed by atoms with van der Waals surface area (Å²) in [7, 11) is 0. The van der Waals surface area contributed by atoms with Crippen LogP contribution < -0.4 is 5.32 Å². The molecule has 110 valence electrons. The van der Waals surface area contributed by atoms with E-state index >= 15 is 0 Å². The van der Waals surface area contributed by atoms with Gasteiger partial charge in [-0.3, -0.25) is 4.98 Å². The third-order valence-corrected chi connectivity index (χ3v) is 4.35. The smallest absolute Gasteiger partial charge is 0.154 e. The highest BCUT2D eigenvalue weighted by molar-refractivity contribution is 5.24. The molecule has 2 aromatic heterocycles.